The molecule has 2 N–H and O–H groups in total. The van der Waals surface area contributed by atoms with Crippen LogP contribution in [0.15, 0.2) is 77.8 Å². The zero-order valence-electron chi connectivity index (χ0n) is 17.5. The van der Waals surface area contributed by atoms with Crippen molar-refractivity contribution in [3.8, 4) is 11.8 Å². The molecule has 6 nitrogen and oxygen atoms in total. The summed E-state index contributed by atoms with van der Waals surface area (Å²) in [6.45, 7) is 5.30. The molecule has 7 heteroatoms. The highest BCUT2D eigenvalue weighted by atomic mass is 32.2. The van der Waals surface area contributed by atoms with Crippen LogP contribution in [0.3, 0.4) is 0 Å². The van der Waals surface area contributed by atoms with Gasteiger partial charge in [-0.05, 0) is 81.3 Å². The lowest BCUT2D eigenvalue weighted by molar-refractivity contribution is 0.102. The number of hydrogen-bond donors (Lipinski definition) is 2. The fraction of sp³-hybridized carbons (Fsp3) is 0.167. The predicted octanol–water partition coefficient (Wildman–Crippen LogP) is 3.81. The first-order chi connectivity index (χ1) is 14.6. The van der Waals surface area contributed by atoms with Gasteiger partial charge in [0.1, 0.15) is 5.69 Å². The van der Waals surface area contributed by atoms with Gasteiger partial charge < -0.3 is 5.32 Å². The molecule has 31 heavy (non-hydrogen) atoms. The van der Waals surface area contributed by atoms with E-state index in [1.54, 1.807) is 45.2 Å². The van der Waals surface area contributed by atoms with Gasteiger partial charge in [0.05, 0.1) is 4.90 Å². The van der Waals surface area contributed by atoms with Crippen molar-refractivity contribution in [2.45, 2.75) is 31.2 Å². The van der Waals surface area contributed by atoms with Gasteiger partial charge in [0.2, 0.25) is 10.0 Å². The topological polar surface area (TPSA) is 88.2 Å². The molecule has 0 saturated carbocycles. The van der Waals surface area contributed by atoms with E-state index in [4.69, 9.17) is 0 Å². The first-order valence-corrected chi connectivity index (χ1v) is 11.1. The van der Waals surface area contributed by atoms with Crippen molar-refractivity contribution >= 4 is 21.6 Å². The van der Waals surface area contributed by atoms with Gasteiger partial charge in [0.15, 0.2) is 0 Å². The molecule has 2 aromatic carbocycles. The second-order valence-electron chi connectivity index (χ2n) is 7.88. The minimum atomic E-state index is -3.66. The second-order valence-corrected chi connectivity index (χ2v) is 9.56. The number of aromatic nitrogens is 1. The van der Waals surface area contributed by atoms with Gasteiger partial charge in [-0.25, -0.2) is 18.1 Å². The third-order valence-corrected chi connectivity index (χ3v) is 5.76. The number of carbonyl (C=O) groups is 1. The van der Waals surface area contributed by atoms with E-state index in [9.17, 15) is 13.2 Å². The van der Waals surface area contributed by atoms with Crippen LogP contribution in [-0.2, 0) is 10.0 Å². The SMILES string of the molecule is CC(C)(C)NS(=O)(=O)c1ccc(C(=O)Nc2cccc(C#Cc3ccccn3)c2)cc1. The molecule has 158 valence electrons. The van der Waals surface area contributed by atoms with Crippen LogP contribution in [-0.4, -0.2) is 24.8 Å². The maximum absolute atomic E-state index is 12.6. The first kappa shape index (κ1) is 22.2. The van der Waals surface area contributed by atoms with E-state index in [1.807, 2.05) is 24.3 Å². The van der Waals surface area contributed by atoms with Gasteiger partial charge in [0.25, 0.3) is 5.91 Å². The fourth-order valence-electron chi connectivity index (χ4n) is 2.70. The molecule has 0 bridgehead atoms. The van der Waals surface area contributed by atoms with Crippen molar-refractivity contribution in [2.24, 2.45) is 0 Å². The van der Waals surface area contributed by atoms with Crippen LogP contribution < -0.4 is 10.0 Å². The Kier molecular flexibility index (Phi) is 6.54. The highest BCUT2D eigenvalue weighted by molar-refractivity contribution is 7.89. The number of sulfonamides is 1. The van der Waals surface area contributed by atoms with Crippen LogP contribution in [0.1, 0.15) is 42.4 Å². The molecule has 0 saturated heterocycles. The number of rotatable bonds is 4. The minimum Gasteiger partial charge on any atom is -0.322 e. The number of anilines is 1. The van der Waals surface area contributed by atoms with E-state index in [0.717, 1.165) is 5.56 Å². The molecule has 0 aliphatic carbocycles. The number of nitrogens with zero attached hydrogens (tertiary/aromatic N) is 1. The zero-order chi connectivity index (χ0) is 22.5. The molecule has 0 atom stereocenters. The smallest absolute Gasteiger partial charge is 0.255 e. The summed E-state index contributed by atoms with van der Waals surface area (Å²) in [5.74, 6) is 5.65. The van der Waals surface area contributed by atoms with E-state index in [1.165, 1.54) is 24.3 Å². The molecule has 1 heterocycles. The minimum absolute atomic E-state index is 0.103. The van der Waals surface area contributed by atoms with Crippen molar-refractivity contribution in [1.82, 2.24) is 9.71 Å². The average Bonchev–Trinajstić information content (AvgIpc) is 2.72. The third-order valence-electron chi connectivity index (χ3n) is 3.99. The van der Waals surface area contributed by atoms with E-state index in [0.29, 0.717) is 16.9 Å². The molecule has 0 spiro atoms. The van der Waals surface area contributed by atoms with Crippen molar-refractivity contribution in [2.75, 3.05) is 5.32 Å². The predicted molar refractivity (Wildman–Crippen MR) is 121 cm³/mol. The summed E-state index contributed by atoms with van der Waals surface area (Å²) in [7, 11) is -3.66. The monoisotopic (exact) mass is 433 g/mol. The Morgan fingerprint density at radius 2 is 1.68 bits per heavy atom. The summed E-state index contributed by atoms with van der Waals surface area (Å²) < 4.78 is 27.4. The van der Waals surface area contributed by atoms with E-state index in [-0.39, 0.29) is 10.8 Å². The molecule has 0 fully saturated rings. The Hall–Kier alpha value is -3.47. The molecule has 1 amide bonds. The van der Waals surface area contributed by atoms with Crippen molar-refractivity contribution in [1.29, 1.82) is 0 Å². The van der Waals surface area contributed by atoms with Crippen LogP contribution in [0.2, 0.25) is 0 Å². The van der Waals surface area contributed by atoms with E-state index >= 15 is 0 Å². The van der Waals surface area contributed by atoms with Crippen LogP contribution >= 0.6 is 0 Å². The summed E-state index contributed by atoms with van der Waals surface area (Å²) >= 11 is 0. The summed E-state index contributed by atoms with van der Waals surface area (Å²) in [4.78, 5) is 16.8. The summed E-state index contributed by atoms with van der Waals surface area (Å²) in [6.07, 6.45) is 1.68. The molecular weight excluding hydrogens is 410 g/mol. The zero-order valence-corrected chi connectivity index (χ0v) is 18.3. The Balaban J connectivity index is 1.71. The molecule has 3 aromatic rings. The Morgan fingerprint density at radius 3 is 2.32 bits per heavy atom. The van der Waals surface area contributed by atoms with Crippen molar-refractivity contribution < 1.29 is 13.2 Å². The highest BCUT2D eigenvalue weighted by Crippen LogP contribution is 2.16. The normalized spacial score (nSPS) is 11.3. The van der Waals surface area contributed by atoms with Gasteiger partial charge in [-0.2, -0.15) is 0 Å². The number of benzene rings is 2. The molecule has 0 radical (unpaired) electrons. The van der Waals surface area contributed by atoms with Crippen molar-refractivity contribution in [3.05, 3.63) is 89.7 Å². The molecule has 0 unspecified atom stereocenters. The fourth-order valence-corrected chi connectivity index (χ4v) is 4.12. The maximum Gasteiger partial charge on any atom is 0.255 e. The molecule has 0 aliphatic rings. The van der Waals surface area contributed by atoms with Crippen LogP contribution in [0.5, 0.6) is 0 Å². The number of carbonyl (C=O) groups excluding carboxylic acids is 1. The average molecular weight is 434 g/mol. The Morgan fingerprint density at radius 1 is 0.935 bits per heavy atom. The van der Waals surface area contributed by atoms with Gasteiger partial charge in [-0.1, -0.05) is 18.1 Å². The quantitative estimate of drug-likeness (QED) is 0.613. The lowest BCUT2D eigenvalue weighted by atomic mass is 10.1. The number of pyridine rings is 1. The standard InChI is InChI=1S/C24H23N3O3S/c1-24(2,3)27-31(29,30)22-14-11-19(12-15-22)23(28)26-21-9-6-7-18(17-21)10-13-20-8-4-5-16-25-20/h4-9,11-12,14-17,27H,1-3H3,(H,26,28). The van der Waals surface area contributed by atoms with E-state index < -0.39 is 15.6 Å². The van der Waals surface area contributed by atoms with Crippen LogP contribution in [0, 0.1) is 11.8 Å². The lowest BCUT2D eigenvalue weighted by Crippen LogP contribution is -2.40. The number of nitrogens with one attached hydrogen (secondary N) is 2. The first-order valence-electron chi connectivity index (χ1n) is 9.61. The highest BCUT2D eigenvalue weighted by Gasteiger charge is 2.22. The molecule has 1 aromatic heterocycles. The van der Waals surface area contributed by atoms with Crippen LogP contribution in [0.25, 0.3) is 0 Å². The number of hydrogen-bond acceptors (Lipinski definition) is 4. The number of amides is 1. The van der Waals surface area contributed by atoms with Gasteiger partial charge in [-0.3, -0.25) is 4.79 Å². The van der Waals surface area contributed by atoms with Gasteiger partial charge in [-0.15, -0.1) is 0 Å². The summed E-state index contributed by atoms with van der Waals surface area (Å²) in [5.41, 5.74) is 1.73. The second kappa shape index (κ2) is 9.13. The van der Waals surface area contributed by atoms with Crippen molar-refractivity contribution in [3.63, 3.8) is 0 Å². The molecule has 0 aliphatic heterocycles. The molecular formula is C24H23N3O3S. The lowest BCUT2D eigenvalue weighted by Gasteiger charge is -2.20. The Labute approximate surface area is 182 Å². The third kappa shape index (κ3) is 6.51. The van der Waals surface area contributed by atoms with Gasteiger partial charge in [0, 0.05) is 28.6 Å². The molecule has 3 rings (SSSR count). The summed E-state index contributed by atoms with van der Waals surface area (Å²) in [6, 6.07) is 18.5. The van der Waals surface area contributed by atoms with Crippen LogP contribution in [0.4, 0.5) is 5.69 Å². The summed E-state index contributed by atoms with van der Waals surface area (Å²) in [5, 5.41) is 2.81. The maximum atomic E-state index is 12.6. The van der Waals surface area contributed by atoms with Gasteiger partial charge >= 0.3 is 0 Å². The largest absolute Gasteiger partial charge is 0.322 e. The van der Waals surface area contributed by atoms with E-state index in [2.05, 4.69) is 26.9 Å². The Bertz CT molecular complexity index is 1230.